The number of rotatable bonds is 0. The Kier molecular flexibility index (Phi) is 3.01. The zero-order chi connectivity index (χ0) is 9.84. The van der Waals surface area contributed by atoms with Gasteiger partial charge in [0.05, 0.1) is 0 Å². The second kappa shape index (κ2) is 4.03. The van der Waals surface area contributed by atoms with Crippen molar-refractivity contribution in [3.8, 4) is 0 Å². The molecule has 0 aliphatic heterocycles. The summed E-state index contributed by atoms with van der Waals surface area (Å²) >= 11 is 0. The van der Waals surface area contributed by atoms with E-state index in [0.29, 0.717) is 0 Å². The van der Waals surface area contributed by atoms with Crippen LogP contribution in [0.25, 0.3) is 0 Å². The molecule has 3 nitrogen and oxygen atoms in total. The van der Waals surface area contributed by atoms with Crippen LogP contribution in [0.5, 0.6) is 0 Å². The van der Waals surface area contributed by atoms with Crippen LogP contribution in [0.1, 0.15) is 0 Å². The minimum atomic E-state index is 1.14. The molecule has 0 fully saturated rings. The number of aromatic nitrogens is 1. The molecule has 0 atom stereocenters. The smallest absolute Gasteiger partial charge is 0.193 e. The van der Waals surface area contributed by atoms with E-state index in [1.165, 1.54) is 0 Å². The molecule has 0 bridgehead atoms. The summed E-state index contributed by atoms with van der Waals surface area (Å²) < 4.78 is 4.17. The van der Waals surface area contributed by atoms with Crippen molar-refractivity contribution < 1.29 is 9.14 Å². The van der Waals surface area contributed by atoms with Gasteiger partial charge in [-0.2, -0.15) is 9.48 Å². The van der Waals surface area contributed by atoms with Gasteiger partial charge in [0.15, 0.2) is 0 Å². The van der Waals surface area contributed by atoms with Crippen LogP contribution in [0.4, 0.5) is 0 Å². The summed E-state index contributed by atoms with van der Waals surface area (Å²) in [7, 11) is 8.15. The van der Waals surface area contributed by atoms with Crippen LogP contribution in [0.3, 0.4) is 0 Å². The van der Waals surface area contributed by atoms with Crippen molar-refractivity contribution in [2.24, 2.45) is 0 Å². The summed E-state index contributed by atoms with van der Waals surface area (Å²) in [5.74, 6) is 1.14. The van der Waals surface area contributed by atoms with Gasteiger partial charge in [0.2, 0.25) is 0 Å². The molecule has 1 aromatic rings. The summed E-state index contributed by atoms with van der Waals surface area (Å²) in [6.07, 6.45) is 4.07. The van der Waals surface area contributed by atoms with E-state index in [2.05, 4.69) is 14.0 Å². The Hall–Kier alpha value is -1.38. The van der Waals surface area contributed by atoms with Crippen molar-refractivity contribution in [1.82, 2.24) is 4.90 Å². The number of hydrogen-bond acceptors (Lipinski definition) is 0. The summed E-state index contributed by atoms with van der Waals surface area (Å²) in [4.78, 5) is 2.08. The molecule has 0 aliphatic rings. The molecule has 0 aromatic carbocycles. The lowest BCUT2D eigenvalue weighted by Gasteiger charge is -2.03. The third-order valence-electron chi connectivity index (χ3n) is 1.75. The Morgan fingerprint density at radius 2 is 1.62 bits per heavy atom. The first-order valence-corrected chi connectivity index (χ1v) is 4.31. The minimum absolute atomic E-state index is 1.14. The van der Waals surface area contributed by atoms with Gasteiger partial charge in [0.1, 0.15) is 40.6 Å². The van der Waals surface area contributed by atoms with Crippen LogP contribution in [-0.2, 0) is 0 Å². The summed E-state index contributed by atoms with van der Waals surface area (Å²) in [5.41, 5.74) is 0. The van der Waals surface area contributed by atoms with Crippen molar-refractivity contribution in [1.29, 1.82) is 0 Å². The number of nitrogens with zero attached hydrogens (tertiary/aromatic N) is 3. The molecule has 70 valence electrons. The predicted octanol–water partition coefficient (Wildman–Crippen LogP) is 0.0119. The maximum atomic E-state index is 2.08. The second-order valence-corrected chi connectivity index (χ2v) is 3.37. The fourth-order valence-electron chi connectivity index (χ4n) is 1.39. The Morgan fingerprint density at radius 1 is 1.08 bits per heavy atom. The molecular weight excluding hydrogens is 162 g/mol. The minimum Gasteiger partial charge on any atom is -0.193 e. The van der Waals surface area contributed by atoms with Crippen molar-refractivity contribution in [3.63, 3.8) is 0 Å². The van der Waals surface area contributed by atoms with Crippen LogP contribution in [0, 0.1) is 0 Å². The van der Waals surface area contributed by atoms with Gasteiger partial charge < -0.3 is 0 Å². The molecule has 0 N–H and O–H groups in total. The van der Waals surface area contributed by atoms with Crippen LogP contribution < -0.4 is 4.57 Å². The SMILES string of the molecule is CN(C)C(=[N+](C)C)[n+]1ccccc1. The average Bonchev–Trinajstić information content (AvgIpc) is 2.04. The summed E-state index contributed by atoms with van der Waals surface area (Å²) in [5, 5.41) is 0. The van der Waals surface area contributed by atoms with Crippen molar-refractivity contribution in [2.45, 2.75) is 0 Å². The van der Waals surface area contributed by atoms with Crippen LogP contribution in [0.2, 0.25) is 0 Å². The van der Waals surface area contributed by atoms with E-state index in [-0.39, 0.29) is 0 Å². The van der Waals surface area contributed by atoms with Gasteiger partial charge in [-0.15, -0.1) is 4.57 Å². The van der Waals surface area contributed by atoms with Gasteiger partial charge in [0.25, 0.3) is 0 Å². The van der Waals surface area contributed by atoms with E-state index in [0.717, 1.165) is 5.96 Å². The predicted molar refractivity (Wildman–Crippen MR) is 52.8 cm³/mol. The zero-order valence-electron chi connectivity index (χ0n) is 8.73. The monoisotopic (exact) mass is 179 g/mol. The van der Waals surface area contributed by atoms with Gasteiger partial charge in [0, 0.05) is 0 Å². The van der Waals surface area contributed by atoms with E-state index in [1.54, 1.807) is 0 Å². The third kappa shape index (κ3) is 2.28. The molecule has 0 saturated heterocycles. The van der Waals surface area contributed by atoms with Crippen LogP contribution >= 0.6 is 0 Å². The van der Waals surface area contributed by atoms with E-state index < -0.39 is 0 Å². The lowest BCUT2D eigenvalue weighted by molar-refractivity contribution is -0.636. The molecule has 0 amide bonds. The molecule has 0 unspecified atom stereocenters. The Labute approximate surface area is 79.6 Å². The first-order chi connectivity index (χ1) is 6.13. The highest BCUT2D eigenvalue weighted by Crippen LogP contribution is 1.81. The third-order valence-corrected chi connectivity index (χ3v) is 1.75. The topological polar surface area (TPSA) is 10.1 Å². The van der Waals surface area contributed by atoms with E-state index in [4.69, 9.17) is 0 Å². The fourth-order valence-corrected chi connectivity index (χ4v) is 1.39. The normalized spacial score (nSPS) is 9.54. The molecule has 0 radical (unpaired) electrons. The first kappa shape index (κ1) is 9.71. The van der Waals surface area contributed by atoms with Gasteiger partial charge in [-0.1, -0.05) is 6.07 Å². The lowest BCUT2D eigenvalue weighted by atomic mass is 10.5. The average molecular weight is 179 g/mol. The first-order valence-electron chi connectivity index (χ1n) is 4.31. The Morgan fingerprint density at radius 3 is 2.00 bits per heavy atom. The highest BCUT2D eigenvalue weighted by molar-refractivity contribution is 5.64. The van der Waals surface area contributed by atoms with Crippen molar-refractivity contribution in [2.75, 3.05) is 28.2 Å². The van der Waals surface area contributed by atoms with Crippen molar-refractivity contribution in [3.05, 3.63) is 30.6 Å². The Balaban J connectivity index is 3.12. The second-order valence-electron chi connectivity index (χ2n) is 3.37. The summed E-state index contributed by atoms with van der Waals surface area (Å²) in [6, 6.07) is 6.06. The molecule has 3 heteroatoms. The standard InChI is InChI=1S/C10H17N3/c1-11(2)10(12(3)4)13-8-6-5-7-9-13/h5-9H,1-4H3/q+2. The highest BCUT2D eigenvalue weighted by atomic mass is 15.3. The Bertz CT molecular complexity index is 297. The van der Waals surface area contributed by atoms with Crippen molar-refractivity contribution >= 4 is 5.96 Å². The van der Waals surface area contributed by atoms with Crippen LogP contribution in [-0.4, -0.2) is 43.6 Å². The molecule has 1 heterocycles. The maximum absolute atomic E-state index is 2.08. The van der Waals surface area contributed by atoms with E-state index in [9.17, 15) is 0 Å². The van der Waals surface area contributed by atoms with E-state index >= 15 is 0 Å². The van der Waals surface area contributed by atoms with Gasteiger partial charge in [-0.3, -0.25) is 0 Å². The molecular formula is C10H17N3+2. The molecule has 0 spiro atoms. The number of pyridine rings is 1. The summed E-state index contributed by atoms with van der Waals surface area (Å²) in [6.45, 7) is 0. The quantitative estimate of drug-likeness (QED) is 0.310. The zero-order valence-corrected chi connectivity index (χ0v) is 8.73. The number of hydrogen-bond donors (Lipinski definition) is 0. The van der Waals surface area contributed by atoms with E-state index in [1.807, 2.05) is 58.8 Å². The molecule has 0 saturated carbocycles. The largest absolute Gasteiger partial charge is 0.526 e. The fraction of sp³-hybridized carbons (Fsp3) is 0.400. The molecule has 1 aromatic heterocycles. The lowest BCUT2D eigenvalue weighted by Crippen LogP contribution is -2.54. The van der Waals surface area contributed by atoms with Crippen LogP contribution in [0.15, 0.2) is 30.6 Å². The molecule has 13 heavy (non-hydrogen) atoms. The molecule has 1 rings (SSSR count). The van der Waals surface area contributed by atoms with Gasteiger partial charge >= 0.3 is 5.96 Å². The highest BCUT2D eigenvalue weighted by Gasteiger charge is 2.21. The van der Waals surface area contributed by atoms with Gasteiger partial charge in [-0.25, -0.2) is 0 Å². The molecule has 0 aliphatic carbocycles. The van der Waals surface area contributed by atoms with Gasteiger partial charge in [-0.05, 0) is 12.1 Å². The maximum Gasteiger partial charge on any atom is 0.526 e.